The van der Waals surface area contributed by atoms with Crippen LogP contribution in [0.5, 0.6) is 0 Å². The van der Waals surface area contributed by atoms with Crippen LogP contribution in [0.2, 0.25) is 0 Å². The van der Waals surface area contributed by atoms with Crippen LogP contribution in [0.25, 0.3) is 0 Å². The van der Waals surface area contributed by atoms with Crippen molar-refractivity contribution in [2.24, 2.45) is 5.41 Å². The number of carboxylic acid groups (broad SMARTS) is 1. The van der Waals surface area contributed by atoms with Gasteiger partial charge >= 0.3 is 12.1 Å². The number of halogens is 3. The van der Waals surface area contributed by atoms with Gasteiger partial charge in [-0.3, -0.25) is 4.79 Å². The van der Waals surface area contributed by atoms with Gasteiger partial charge in [0, 0.05) is 6.54 Å². The van der Waals surface area contributed by atoms with Crippen LogP contribution in [0.4, 0.5) is 19.0 Å². The zero-order valence-corrected chi connectivity index (χ0v) is 11.5. The molecule has 0 aliphatic rings. The zero-order valence-electron chi connectivity index (χ0n) is 11.5. The van der Waals surface area contributed by atoms with Gasteiger partial charge in [-0.1, -0.05) is 6.92 Å². The van der Waals surface area contributed by atoms with E-state index in [0.717, 1.165) is 6.07 Å². The normalized spacial score (nSPS) is 14.1. The third-order valence-electron chi connectivity index (χ3n) is 3.25. The number of anilines is 1. The van der Waals surface area contributed by atoms with E-state index < -0.39 is 23.3 Å². The molecule has 1 atom stereocenters. The number of alkyl halides is 3. The molecule has 1 rings (SSSR count). The number of nitriles is 1. The summed E-state index contributed by atoms with van der Waals surface area (Å²) in [5.41, 5.74) is -2.38. The molecule has 0 spiro atoms. The molecule has 8 heteroatoms. The van der Waals surface area contributed by atoms with E-state index in [1.165, 1.54) is 6.92 Å². The maximum absolute atomic E-state index is 12.6. The molecule has 1 unspecified atom stereocenters. The molecule has 0 aromatic carbocycles. The minimum atomic E-state index is -4.63. The first-order valence-corrected chi connectivity index (χ1v) is 6.09. The minimum Gasteiger partial charge on any atom is -0.481 e. The minimum absolute atomic E-state index is 0.0770. The smallest absolute Gasteiger partial charge is 0.433 e. The lowest BCUT2D eigenvalue weighted by Gasteiger charge is -2.24. The van der Waals surface area contributed by atoms with Crippen LogP contribution >= 0.6 is 0 Å². The molecule has 0 saturated carbocycles. The maximum atomic E-state index is 12.6. The van der Waals surface area contributed by atoms with Gasteiger partial charge in [-0.25, -0.2) is 4.98 Å². The van der Waals surface area contributed by atoms with E-state index in [1.807, 2.05) is 0 Å². The lowest BCUT2D eigenvalue weighted by Crippen LogP contribution is -2.34. The molecule has 21 heavy (non-hydrogen) atoms. The molecule has 0 fully saturated rings. The maximum Gasteiger partial charge on any atom is 0.433 e. The summed E-state index contributed by atoms with van der Waals surface area (Å²) in [7, 11) is 0. The van der Waals surface area contributed by atoms with Gasteiger partial charge in [0.25, 0.3) is 0 Å². The second-order valence-corrected chi connectivity index (χ2v) is 4.78. The number of hydrogen-bond donors (Lipinski definition) is 2. The molecule has 0 radical (unpaired) electrons. The molecule has 2 N–H and O–H groups in total. The average Bonchev–Trinajstić information content (AvgIpc) is 2.43. The van der Waals surface area contributed by atoms with Gasteiger partial charge in [0.2, 0.25) is 0 Å². The molecule has 0 amide bonds. The van der Waals surface area contributed by atoms with Crippen molar-refractivity contribution >= 4 is 11.8 Å². The van der Waals surface area contributed by atoms with E-state index in [1.54, 1.807) is 13.0 Å². The second kappa shape index (κ2) is 5.99. The highest BCUT2D eigenvalue weighted by Gasteiger charge is 2.34. The Morgan fingerprint density at radius 1 is 1.48 bits per heavy atom. The summed E-state index contributed by atoms with van der Waals surface area (Å²) < 4.78 is 37.8. The lowest BCUT2D eigenvalue weighted by molar-refractivity contribution is -0.147. The Morgan fingerprint density at radius 3 is 2.52 bits per heavy atom. The fourth-order valence-corrected chi connectivity index (χ4v) is 1.47. The summed E-state index contributed by atoms with van der Waals surface area (Å²) in [5.74, 6) is -1.35. The summed E-state index contributed by atoms with van der Waals surface area (Å²) in [6.45, 7) is 2.98. The Bertz CT molecular complexity index is 581. The van der Waals surface area contributed by atoms with E-state index in [0.29, 0.717) is 6.07 Å². The SMILES string of the molecule is CCC(C)(CNc1nc(C(F)(F)F)ccc1C#N)C(=O)O. The molecule has 0 aliphatic heterocycles. The largest absolute Gasteiger partial charge is 0.481 e. The molecule has 0 bridgehead atoms. The van der Waals surface area contributed by atoms with Crippen molar-refractivity contribution in [2.75, 3.05) is 11.9 Å². The Hall–Kier alpha value is -2.30. The fourth-order valence-electron chi connectivity index (χ4n) is 1.47. The molecule has 1 aromatic rings. The van der Waals surface area contributed by atoms with Crippen molar-refractivity contribution in [2.45, 2.75) is 26.4 Å². The van der Waals surface area contributed by atoms with Crippen molar-refractivity contribution < 1.29 is 23.1 Å². The summed E-state index contributed by atoms with van der Waals surface area (Å²) in [4.78, 5) is 14.5. The Morgan fingerprint density at radius 2 is 2.10 bits per heavy atom. The van der Waals surface area contributed by atoms with Crippen LogP contribution in [0.1, 0.15) is 31.5 Å². The number of nitrogens with one attached hydrogen (secondary N) is 1. The Balaban J connectivity index is 3.07. The number of aliphatic carboxylic acids is 1. The highest BCUT2D eigenvalue weighted by Crippen LogP contribution is 2.30. The lowest BCUT2D eigenvalue weighted by atomic mass is 9.88. The summed E-state index contributed by atoms with van der Waals surface area (Å²) in [5, 5.41) is 20.5. The van der Waals surface area contributed by atoms with E-state index in [9.17, 15) is 18.0 Å². The average molecular weight is 301 g/mol. The van der Waals surface area contributed by atoms with E-state index in [4.69, 9.17) is 10.4 Å². The predicted octanol–water partition coefficient (Wildman–Crippen LogP) is 2.88. The van der Waals surface area contributed by atoms with Crippen molar-refractivity contribution in [1.29, 1.82) is 5.26 Å². The number of aromatic nitrogens is 1. The molecule has 5 nitrogen and oxygen atoms in total. The number of carboxylic acids is 1. The van der Waals surface area contributed by atoms with Gasteiger partial charge in [0.15, 0.2) is 0 Å². The molecule has 0 aliphatic carbocycles. The quantitative estimate of drug-likeness (QED) is 0.873. The number of hydrogen-bond acceptors (Lipinski definition) is 4. The van der Waals surface area contributed by atoms with Gasteiger partial charge in [-0.2, -0.15) is 18.4 Å². The van der Waals surface area contributed by atoms with Gasteiger partial charge in [-0.05, 0) is 25.5 Å². The van der Waals surface area contributed by atoms with Crippen LogP contribution < -0.4 is 5.32 Å². The molecule has 1 heterocycles. The fraction of sp³-hybridized carbons (Fsp3) is 0.462. The van der Waals surface area contributed by atoms with Crippen molar-refractivity contribution in [1.82, 2.24) is 4.98 Å². The van der Waals surface area contributed by atoms with Crippen LogP contribution in [0, 0.1) is 16.7 Å². The van der Waals surface area contributed by atoms with Gasteiger partial charge in [-0.15, -0.1) is 0 Å². The van der Waals surface area contributed by atoms with Crippen LogP contribution in [-0.2, 0) is 11.0 Å². The number of rotatable bonds is 5. The first kappa shape index (κ1) is 16.8. The summed E-state index contributed by atoms with van der Waals surface area (Å²) in [6.07, 6.45) is -4.36. The summed E-state index contributed by atoms with van der Waals surface area (Å²) in [6, 6.07) is 3.43. The van der Waals surface area contributed by atoms with Crippen LogP contribution in [0.15, 0.2) is 12.1 Å². The van der Waals surface area contributed by atoms with Crippen molar-refractivity contribution in [3.05, 3.63) is 23.4 Å². The van der Waals surface area contributed by atoms with E-state index in [-0.39, 0.29) is 24.3 Å². The van der Waals surface area contributed by atoms with E-state index in [2.05, 4.69) is 10.3 Å². The van der Waals surface area contributed by atoms with Crippen LogP contribution in [-0.4, -0.2) is 22.6 Å². The zero-order chi connectivity index (χ0) is 16.3. The molecular weight excluding hydrogens is 287 g/mol. The molecule has 0 saturated heterocycles. The van der Waals surface area contributed by atoms with Gasteiger partial charge < -0.3 is 10.4 Å². The number of nitrogens with zero attached hydrogens (tertiary/aromatic N) is 2. The van der Waals surface area contributed by atoms with Crippen molar-refractivity contribution in [3.8, 4) is 6.07 Å². The Labute approximate surface area is 119 Å². The highest BCUT2D eigenvalue weighted by molar-refractivity contribution is 5.75. The third kappa shape index (κ3) is 3.84. The third-order valence-corrected chi connectivity index (χ3v) is 3.25. The molecule has 1 aromatic heterocycles. The van der Waals surface area contributed by atoms with Gasteiger partial charge in [0.05, 0.1) is 11.0 Å². The molecular formula is C13H14F3N3O2. The monoisotopic (exact) mass is 301 g/mol. The summed E-state index contributed by atoms with van der Waals surface area (Å²) >= 11 is 0. The number of pyridine rings is 1. The van der Waals surface area contributed by atoms with Gasteiger partial charge in [0.1, 0.15) is 17.6 Å². The number of carbonyl (C=O) groups is 1. The highest BCUT2D eigenvalue weighted by atomic mass is 19.4. The van der Waals surface area contributed by atoms with Crippen molar-refractivity contribution in [3.63, 3.8) is 0 Å². The Kier molecular flexibility index (Phi) is 4.78. The van der Waals surface area contributed by atoms with E-state index >= 15 is 0 Å². The standard InChI is InChI=1S/C13H14F3N3O2/c1-3-12(2,11(20)21)7-18-10-8(6-17)4-5-9(19-10)13(14,15)16/h4-5H,3,7H2,1-2H3,(H,18,19)(H,20,21). The first-order valence-electron chi connectivity index (χ1n) is 6.09. The second-order valence-electron chi connectivity index (χ2n) is 4.78. The molecule has 114 valence electrons. The van der Waals surface area contributed by atoms with Crippen LogP contribution in [0.3, 0.4) is 0 Å². The first-order chi connectivity index (χ1) is 9.64. The predicted molar refractivity (Wildman–Crippen MR) is 68.5 cm³/mol. The topological polar surface area (TPSA) is 86.0 Å².